The molecule has 3 aromatic rings. The van der Waals surface area contributed by atoms with Gasteiger partial charge >= 0.3 is 0 Å². The first-order valence-corrected chi connectivity index (χ1v) is 10.0. The number of halogens is 1. The summed E-state index contributed by atoms with van der Waals surface area (Å²) in [5, 5.41) is 9.05. The smallest absolute Gasteiger partial charge is 0.263 e. The number of nitrogens with zero attached hydrogens (tertiary/aromatic N) is 3. The number of carbonyl (C=O) groups excluding carboxylic acids is 1. The normalized spacial score (nSPS) is 11.2. The molecule has 0 radical (unpaired) electrons. The molecule has 0 saturated carbocycles. The number of carbonyl (C=O) groups is 1. The second-order valence-corrected chi connectivity index (χ2v) is 8.25. The summed E-state index contributed by atoms with van der Waals surface area (Å²) in [4.78, 5) is 17.6. The molecule has 2 aromatic heterocycles. The summed E-state index contributed by atoms with van der Waals surface area (Å²) >= 11 is 7.68. The van der Waals surface area contributed by atoms with Crippen LogP contribution in [0.15, 0.2) is 24.3 Å². The van der Waals surface area contributed by atoms with Crippen molar-refractivity contribution < 1.29 is 4.79 Å². The van der Waals surface area contributed by atoms with Crippen LogP contribution in [0.25, 0.3) is 5.13 Å². The molecule has 0 fully saturated rings. The Labute approximate surface area is 168 Å². The molecule has 142 valence electrons. The lowest BCUT2D eigenvalue weighted by molar-refractivity contribution is 0.0946. The van der Waals surface area contributed by atoms with Crippen LogP contribution in [-0.4, -0.2) is 26.7 Å². The van der Waals surface area contributed by atoms with Gasteiger partial charge in [0.1, 0.15) is 4.88 Å². The number of nitrogens with one attached hydrogen (secondary N) is 1. The molecule has 0 bridgehead atoms. The van der Waals surface area contributed by atoms with Gasteiger partial charge in [0.05, 0.1) is 11.4 Å². The van der Waals surface area contributed by atoms with Crippen molar-refractivity contribution in [2.45, 2.75) is 47.1 Å². The predicted octanol–water partition coefficient (Wildman–Crippen LogP) is 4.64. The second kappa shape index (κ2) is 7.82. The molecule has 0 atom stereocenters. The number of hydrogen-bond donors (Lipinski definition) is 1. The molecule has 0 saturated heterocycles. The van der Waals surface area contributed by atoms with Crippen molar-refractivity contribution in [3.8, 4) is 5.13 Å². The second-order valence-electron chi connectivity index (χ2n) is 6.87. The Balaban J connectivity index is 1.95. The summed E-state index contributed by atoms with van der Waals surface area (Å²) in [6, 6.07) is 7.92. The highest BCUT2D eigenvalue weighted by atomic mass is 35.5. The minimum Gasteiger partial charge on any atom is -0.349 e. The van der Waals surface area contributed by atoms with Crippen LogP contribution in [0, 0.1) is 20.8 Å². The van der Waals surface area contributed by atoms with Crippen LogP contribution in [0.1, 0.15) is 51.7 Å². The van der Waals surface area contributed by atoms with Crippen molar-refractivity contribution in [3.05, 3.63) is 62.4 Å². The molecule has 1 amide bonds. The maximum atomic E-state index is 12.4. The van der Waals surface area contributed by atoms with E-state index in [0.717, 1.165) is 27.5 Å². The molecule has 2 heterocycles. The lowest BCUT2D eigenvalue weighted by atomic mass is 10.0. The topological polar surface area (TPSA) is 59.8 Å². The molecule has 3 rings (SSSR count). The third kappa shape index (κ3) is 4.06. The predicted molar refractivity (Wildman–Crippen MR) is 110 cm³/mol. The Morgan fingerprint density at radius 2 is 1.93 bits per heavy atom. The van der Waals surface area contributed by atoms with E-state index in [0.29, 0.717) is 22.1 Å². The molecule has 0 spiro atoms. The minimum atomic E-state index is -0.0935. The number of rotatable bonds is 5. The van der Waals surface area contributed by atoms with Crippen LogP contribution < -0.4 is 5.32 Å². The average molecular weight is 403 g/mol. The minimum absolute atomic E-state index is 0.0818. The molecule has 1 aromatic carbocycles. The van der Waals surface area contributed by atoms with Gasteiger partial charge in [0, 0.05) is 28.7 Å². The van der Waals surface area contributed by atoms with E-state index in [4.69, 9.17) is 11.6 Å². The van der Waals surface area contributed by atoms with E-state index in [1.807, 2.05) is 63.6 Å². The van der Waals surface area contributed by atoms with Crippen molar-refractivity contribution in [2.75, 3.05) is 0 Å². The van der Waals surface area contributed by atoms with E-state index in [2.05, 4.69) is 15.4 Å². The van der Waals surface area contributed by atoms with Crippen LogP contribution in [-0.2, 0) is 6.42 Å². The average Bonchev–Trinajstić information content (AvgIpc) is 3.11. The standard InChI is InChI=1S/C20H23ClN4OS/c1-11(2)22-19(26)18-13(4)23-20(27-18)25-14(5)16(12(3)24-25)10-15-8-6-7-9-17(15)21/h6-9,11H,10H2,1-5H3,(H,22,26). The third-order valence-electron chi connectivity index (χ3n) is 4.36. The van der Waals surface area contributed by atoms with Gasteiger partial charge in [0.15, 0.2) is 0 Å². The van der Waals surface area contributed by atoms with Crippen LogP contribution >= 0.6 is 22.9 Å². The first-order valence-electron chi connectivity index (χ1n) is 8.85. The van der Waals surface area contributed by atoms with Crippen molar-refractivity contribution in [3.63, 3.8) is 0 Å². The van der Waals surface area contributed by atoms with Gasteiger partial charge in [-0.25, -0.2) is 9.67 Å². The third-order valence-corrected chi connectivity index (χ3v) is 5.86. The maximum absolute atomic E-state index is 12.4. The van der Waals surface area contributed by atoms with Gasteiger partial charge in [-0.1, -0.05) is 41.1 Å². The van der Waals surface area contributed by atoms with Gasteiger partial charge in [0.2, 0.25) is 5.13 Å². The molecule has 27 heavy (non-hydrogen) atoms. The van der Waals surface area contributed by atoms with Gasteiger partial charge in [0.25, 0.3) is 5.91 Å². The summed E-state index contributed by atoms with van der Waals surface area (Å²) in [5.74, 6) is -0.0935. The Hall–Kier alpha value is -2.18. The largest absolute Gasteiger partial charge is 0.349 e. The summed E-state index contributed by atoms with van der Waals surface area (Å²) in [6.07, 6.45) is 0.711. The van der Waals surface area contributed by atoms with Crippen molar-refractivity contribution in [2.24, 2.45) is 0 Å². The van der Waals surface area contributed by atoms with Crippen LogP contribution in [0.3, 0.4) is 0 Å². The number of amides is 1. The zero-order valence-electron chi connectivity index (χ0n) is 16.1. The van der Waals surface area contributed by atoms with Gasteiger partial charge in [-0.2, -0.15) is 5.10 Å². The van der Waals surface area contributed by atoms with E-state index in [-0.39, 0.29) is 11.9 Å². The summed E-state index contributed by atoms with van der Waals surface area (Å²) in [5.41, 5.74) is 4.86. The Bertz CT molecular complexity index is 990. The molecule has 1 N–H and O–H groups in total. The number of aromatic nitrogens is 3. The van der Waals surface area contributed by atoms with Gasteiger partial charge in [-0.05, 0) is 46.2 Å². The number of hydrogen-bond acceptors (Lipinski definition) is 4. The van der Waals surface area contributed by atoms with Crippen LogP contribution in [0.4, 0.5) is 0 Å². The Morgan fingerprint density at radius 1 is 1.22 bits per heavy atom. The van der Waals surface area contributed by atoms with E-state index in [1.54, 1.807) is 0 Å². The van der Waals surface area contributed by atoms with Gasteiger partial charge in [-0.3, -0.25) is 4.79 Å². The lowest BCUT2D eigenvalue weighted by Crippen LogP contribution is -2.29. The monoisotopic (exact) mass is 402 g/mol. The van der Waals surface area contributed by atoms with Crippen molar-refractivity contribution in [1.29, 1.82) is 0 Å². The fourth-order valence-electron chi connectivity index (χ4n) is 2.96. The molecule has 0 aliphatic carbocycles. The SMILES string of the molecule is Cc1nc(-n2nc(C)c(Cc3ccccc3Cl)c2C)sc1C(=O)NC(C)C. The Morgan fingerprint density at radius 3 is 2.59 bits per heavy atom. The number of aryl methyl sites for hydroxylation is 2. The van der Waals surface area contributed by atoms with Crippen LogP contribution in [0.2, 0.25) is 5.02 Å². The summed E-state index contributed by atoms with van der Waals surface area (Å²) in [7, 11) is 0. The van der Waals surface area contributed by atoms with E-state index in [1.165, 1.54) is 11.3 Å². The number of benzene rings is 1. The number of thiazole rings is 1. The molecular formula is C20H23ClN4OS. The highest BCUT2D eigenvalue weighted by Crippen LogP contribution is 2.27. The molecule has 0 aliphatic heterocycles. The van der Waals surface area contributed by atoms with E-state index < -0.39 is 0 Å². The van der Waals surface area contributed by atoms with Gasteiger partial charge in [-0.15, -0.1) is 0 Å². The van der Waals surface area contributed by atoms with E-state index in [9.17, 15) is 4.79 Å². The van der Waals surface area contributed by atoms with Crippen molar-refractivity contribution >= 4 is 28.8 Å². The maximum Gasteiger partial charge on any atom is 0.263 e. The zero-order valence-corrected chi connectivity index (χ0v) is 17.7. The Kier molecular flexibility index (Phi) is 5.67. The fourth-order valence-corrected chi connectivity index (χ4v) is 4.14. The molecule has 5 nitrogen and oxygen atoms in total. The highest BCUT2D eigenvalue weighted by Gasteiger charge is 2.20. The molecular weight excluding hydrogens is 380 g/mol. The lowest BCUT2D eigenvalue weighted by Gasteiger charge is -2.06. The van der Waals surface area contributed by atoms with E-state index >= 15 is 0 Å². The molecule has 7 heteroatoms. The quantitative estimate of drug-likeness (QED) is 0.676. The fraction of sp³-hybridized carbons (Fsp3) is 0.350. The molecule has 0 unspecified atom stereocenters. The van der Waals surface area contributed by atoms with Gasteiger partial charge < -0.3 is 5.32 Å². The first-order chi connectivity index (χ1) is 12.8. The summed E-state index contributed by atoms with van der Waals surface area (Å²) in [6.45, 7) is 9.75. The van der Waals surface area contributed by atoms with Crippen molar-refractivity contribution in [1.82, 2.24) is 20.1 Å². The summed E-state index contributed by atoms with van der Waals surface area (Å²) < 4.78 is 1.82. The zero-order chi connectivity index (χ0) is 19.7. The molecule has 0 aliphatic rings. The van der Waals surface area contributed by atoms with Crippen LogP contribution in [0.5, 0.6) is 0 Å². The first kappa shape index (κ1) is 19.6. The highest BCUT2D eigenvalue weighted by molar-refractivity contribution is 7.16.